The van der Waals surface area contributed by atoms with Gasteiger partial charge in [-0.15, -0.1) is 11.3 Å². The summed E-state index contributed by atoms with van der Waals surface area (Å²) in [6.07, 6.45) is 10.0. The molecule has 4 heterocycles. The number of rotatable bonds is 5. The van der Waals surface area contributed by atoms with Crippen molar-refractivity contribution in [2.75, 3.05) is 4.90 Å². The molecule has 14 rings (SSSR count). The molecule has 4 atom stereocenters. The molecule has 0 amide bonds. The summed E-state index contributed by atoms with van der Waals surface area (Å²) in [5, 5.41) is 7.67. The molecular formula is C60H45N5S. The van der Waals surface area contributed by atoms with Crippen LogP contribution in [0, 0.1) is 5.92 Å². The smallest absolute Gasteiger partial charge is 0.155 e. The molecule has 0 saturated carbocycles. The standard InChI is InChI=1S/C60H45N5S/c1-60(2)46-25-13-9-21-40(46)41-30-29-37(33-47(41)60)58-61-57(36-17-5-3-6-18-36)62-59(63-58)38-34-51(54-45-24-12-16-28-52(45)66-53(54)35-38)65-48-26-14-10-22-42(48)43-31-32-50-55(56(43)65)44-23-11-15-27-49(44)64(50)39-19-7-4-8-20-39/h3-32,34-35,47,50,55,57H,33H2,1-2H3,(H,61,62,63). The number of fused-ring (bicyclic) bond motifs is 13. The van der Waals surface area contributed by atoms with Crippen LogP contribution >= 0.6 is 11.3 Å². The number of anilines is 2. The van der Waals surface area contributed by atoms with Crippen molar-refractivity contribution in [3.8, 4) is 5.69 Å². The number of amidine groups is 2. The van der Waals surface area contributed by atoms with Crippen molar-refractivity contribution < 1.29 is 0 Å². The van der Waals surface area contributed by atoms with Gasteiger partial charge in [0.25, 0.3) is 0 Å². The fourth-order valence-corrected chi connectivity index (χ4v) is 13.2. The number of nitrogens with zero attached hydrogens (tertiary/aromatic N) is 4. The summed E-state index contributed by atoms with van der Waals surface area (Å²) in [7, 11) is 0. The van der Waals surface area contributed by atoms with Crippen LogP contribution in [0.5, 0.6) is 0 Å². The first kappa shape index (κ1) is 37.8. The van der Waals surface area contributed by atoms with E-state index in [-0.39, 0.29) is 23.5 Å². The quantitative estimate of drug-likeness (QED) is 0.187. The number of para-hydroxylation sites is 3. The summed E-state index contributed by atoms with van der Waals surface area (Å²) in [6, 6.07) is 62.3. The minimum atomic E-state index is -0.305. The zero-order chi connectivity index (χ0) is 43.7. The second-order valence-electron chi connectivity index (χ2n) is 18.9. The first-order valence-electron chi connectivity index (χ1n) is 23.2. The Morgan fingerprint density at radius 3 is 2.32 bits per heavy atom. The number of hydrogen-bond acceptors (Lipinski definition) is 5. The molecule has 5 nitrogen and oxygen atoms in total. The predicted octanol–water partition coefficient (Wildman–Crippen LogP) is 14.4. The van der Waals surface area contributed by atoms with Crippen molar-refractivity contribution in [3.63, 3.8) is 0 Å². The Hall–Kier alpha value is -7.54. The van der Waals surface area contributed by atoms with Crippen LogP contribution < -0.4 is 10.2 Å². The SMILES string of the molecule is CC1(C)c2ccccc2C2=CC=C(C3=NC(c4ccccc4)NC(c4cc(-n5c6c(c7ccccc75)C=CC5C6c6ccccc6N5c5ccccc5)c5c(c4)sc4ccccc45)=N3)CC21. The van der Waals surface area contributed by atoms with E-state index in [0.717, 1.165) is 29.2 Å². The molecule has 4 unspecified atom stereocenters. The Kier molecular flexibility index (Phi) is 8.15. The molecule has 9 aromatic rings. The molecule has 7 aromatic carbocycles. The summed E-state index contributed by atoms with van der Waals surface area (Å²) in [6.45, 7) is 4.80. The molecule has 0 saturated heterocycles. The van der Waals surface area contributed by atoms with Crippen LogP contribution in [0.25, 0.3) is 48.4 Å². The van der Waals surface area contributed by atoms with E-state index in [2.05, 4.69) is 223 Å². The minimum Gasteiger partial charge on any atom is -0.344 e. The van der Waals surface area contributed by atoms with Gasteiger partial charge in [-0.2, -0.15) is 0 Å². The van der Waals surface area contributed by atoms with Crippen LogP contribution in [0.4, 0.5) is 11.4 Å². The van der Waals surface area contributed by atoms with Crippen molar-refractivity contribution in [2.24, 2.45) is 15.9 Å². The van der Waals surface area contributed by atoms with Crippen LogP contribution in [0.15, 0.2) is 204 Å². The molecule has 3 aliphatic carbocycles. The predicted molar refractivity (Wildman–Crippen MR) is 276 cm³/mol. The normalized spacial score (nSPS) is 21.0. The highest BCUT2D eigenvalue weighted by Crippen LogP contribution is 2.56. The highest BCUT2D eigenvalue weighted by molar-refractivity contribution is 7.26. The third-order valence-corrected chi connectivity index (χ3v) is 16.2. The fourth-order valence-electron chi connectivity index (χ4n) is 12.1. The number of nitrogens with one attached hydrogen (secondary N) is 1. The van der Waals surface area contributed by atoms with Gasteiger partial charge in [0.15, 0.2) is 5.84 Å². The van der Waals surface area contributed by atoms with Gasteiger partial charge in [0.1, 0.15) is 12.0 Å². The number of aromatic nitrogens is 1. The van der Waals surface area contributed by atoms with Crippen LogP contribution in [0.3, 0.4) is 0 Å². The van der Waals surface area contributed by atoms with Gasteiger partial charge in [-0.3, -0.25) is 0 Å². The van der Waals surface area contributed by atoms with Gasteiger partial charge in [0.05, 0.1) is 23.2 Å². The summed E-state index contributed by atoms with van der Waals surface area (Å²) < 4.78 is 5.12. The van der Waals surface area contributed by atoms with E-state index in [1.54, 1.807) is 0 Å². The molecule has 6 heteroatoms. The Morgan fingerprint density at radius 2 is 1.44 bits per heavy atom. The van der Waals surface area contributed by atoms with Gasteiger partial charge in [-0.25, -0.2) is 9.98 Å². The van der Waals surface area contributed by atoms with E-state index in [1.165, 1.54) is 87.2 Å². The van der Waals surface area contributed by atoms with E-state index in [0.29, 0.717) is 5.92 Å². The third kappa shape index (κ3) is 5.45. The van der Waals surface area contributed by atoms with Gasteiger partial charge < -0.3 is 14.8 Å². The van der Waals surface area contributed by atoms with Crippen molar-refractivity contribution in [1.29, 1.82) is 0 Å². The molecule has 66 heavy (non-hydrogen) atoms. The van der Waals surface area contributed by atoms with E-state index in [9.17, 15) is 0 Å². The largest absolute Gasteiger partial charge is 0.344 e. The topological polar surface area (TPSA) is 44.9 Å². The molecule has 0 bridgehead atoms. The van der Waals surface area contributed by atoms with Crippen LogP contribution in [0.1, 0.15) is 71.4 Å². The van der Waals surface area contributed by atoms with Crippen LogP contribution in [-0.4, -0.2) is 22.3 Å². The van der Waals surface area contributed by atoms with Gasteiger partial charge in [0.2, 0.25) is 0 Å². The van der Waals surface area contributed by atoms with E-state index >= 15 is 0 Å². The number of benzene rings is 7. The highest BCUT2D eigenvalue weighted by Gasteiger charge is 2.46. The number of thiophene rings is 1. The first-order chi connectivity index (χ1) is 32.5. The molecule has 0 radical (unpaired) electrons. The van der Waals surface area contributed by atoms with Gasteiger partial charge in [-0.1, -0.05) is 166 Å². The molecular weight excluding hydrogens is 823 g/mol. The van der Waals surface area contributed by atoms with E-state index < -0.39 is 0 Å². The zero-order valence-electron chi connectivity index (χ0n) is 36.7. The summed E-state index contributed by atoms with van der Waals surface area (Å²) in [5.41, 5.74) is 16.3. The fraction of sp³-hybridized carbons (Fsp3) is 0.133. The lowest BCUT2D eigenvalue weighted by Gasteiger charge is -2.32. The lowest BCUT2D eigenvalue weighted by atomic mass is 9.73. The molecule has 0 fully saturated rings. The van der Waals surface area contributed by atoms with Gasteiger partial charge in [-0.05, 0) is 93.6 Å². The maximum absolute atomic E-state index is 5.56. The lowest BCUT2D eigenvalue weighted by molar-refractivity contribution is 0.411. The number of allylic oxidation sites excluding steroid dienone is 3. The van der Waals surface area contributed by atoms with Gasteiger partial charge in [0, 0.05) is 53.8 Å². The monoisotopic (exact) mass is 867 g/mol. The number of hydrogen-bond donors (Lipinski definition) is 1. The average Bonchev–Trinajstić information content (AvgIpc) is 4.09. The second-order valence-corrected chi connectivity index (χ2v) is 20.0. The van der Waals surface area contributed by atoms with Crippen LogP contribution in [0.2, 0.25) is 0 Å². The summed E-state index contributed by atoms with van der Waals surface area (Å²) >= 11 is 1.86. The minimum absolute atomic E-state index is 0.00721. The highest BCUT2D eigenvalue weighted by atomic mass is 32.1. The molecule has 2 aliphatic heterocycles. The average molecular weight is 868 g/mol. The zero-order valence-corrected chi connectivity index (χ0v) is 37.5. The third-order valence-electron chi connectivity index (χ3n) is 15.1. The van der Waals surface area contributed by atoms with E-state index in [1.807, 2.05) is 11.3 Å². The Labute approximate surface area is 388 Å². The Bertz CT molecular complexity index is 3660. The molecule has 0 spiro atoms. The summed E-state index contributed by atoms with van der Waals surface area (Å²) in [5.74, 6) is 2.07. The van der Waals surface area contributed by atoms with Gasteiger partial charge >= 0.3 is 0 Å². The van der Waals surface area contributed by atoms with Crippen molar-refractivity contribution in [2.45, 2.75) is 43.8 Å². The molecule has 316 valence electrons. The van der Waals surface area contributed by atoms with E-state index in [4.69, 9.17) is 9.98 Å². The Morgan fingerprint density at radius 1 is 0.697 bits per heavy atom. The maximum atomic E-state index is 5.56. The van der Waals surface area contributed by atoms with Crippen molar-refractivity contribution in [3.05, 3.63) is 233 Å². The number of aliphatic imine (C=N–C) groups is 2. The second kappa shape index (κ2) is 14.2. The molecule has 1 N–H and O–H groups in total. The molecule has 2 aromatic heterocycles. The summed E-state index contributed by atoms with van der Waals surface area (Å²) in [4.78, 5) is 13.5. The Balaban J connectivity index is 0.988. The van der Waals surface area contributed by atoms with Crippen molar-refractivity contribution in [1.82, 2.24) is 9.88 Å². The van der Waals surface area contributed by atoms with Crippen molar-refractivity contribution >= 4 is 77.1 Å². The molecule has 5 aliphatic rings. The van der Waals surface area contributed by atoms with Crippen LogP contribution in [-0.2, 0) is 5.41 Å². The maximum Gasteiger partial charge on any atom is 0.155 e. The lowest BCUT2D eigenvalue weighted by Crippen LogP contribution is -2.34. The first-order valence-corrected chi connectivity index (χ1v) is 24.0.